The molecule has 1 aliphatic heterocycles. The number of hydrogen-bond acceptors (Lipinski definition) is 3. The fourth-order valence-electron chi connectivity index (χ4n) is 3.40. The molecule has 5 nitrogen and oxygen atoms in total. The number of carbonyl (C=O) groups is 2. The molecule has 0 bridgehead atoms. The maximum absolute atomic E-state index is 12.7. The van der Waals surface area contributed by atoms with Gasteiger partial charge in [-0.25, -0.2) is 4.79 Å². The van der Waals surface area contributed by atoms with Gasteiger partial charge in [-0.15, -0.1) is 0 Å². The third kappa shape index (κ3) is 3.18. The van der Waals surface area contributed by atoms with E-state index in [2.05, 4.69) is 13.8 Å². The lowest BCUT2D eigenvalue weighted by molar-refractivity contribution is 0.0653. The summed E-state index contributed by atoms with van der Waals surface area (Å²) < 4.78 is 5.52. The summed E-state index contributed by atoms with van der Waals surface area (Å²) >= 11 is 0. The Labute approximate surface area is 131 Å². The monoisotopic (exact) mass is 307 g/mol. The molecule has 2 rings (SSSR count). The smallest absolute Gasteiger partial charge is 0.339 e. The third-order valence-corrected chi connectivity index (χ3v) is 4.53. The van der Waals surface area contributed by atoms with Crippen molar-refractivity contribution < 1.29 is 19.1 Å². The van der Waals surface area contributed by atoms with Crippen molar-refractivity contribution >= 4 is 11.9 Å². The van der Waals surface area contributed by atoms with Crippen LogP contribution in [0.25, 0.3) is 0 Å². The minimum atomic E-state index is -1.04. The molecule has 1 saturated heterocycles. The molecule has 1 aromatic heterocycles. The molecule has 1 amide bonds. The fourth-order valence-corrected chi connectivity index (χ4v) is 3.40. The van der Waals surface area contributed by atoms with E-state index < -0.39 is 5.97 Å². The Bertz CT molecular complexity index is 549. The first-order valence-corrected chi connectivity index (χ1v) is 8.16. The molecule has 122 valence electrons. The second-order valence-corrected chi connectivity index (χ2v) is 6.08. The van der Waals surface area contributed by atoms with Gasteiger partial charge in [0.15, 0.2) is 5.76 Å². The second-order valence-electron chi connectivity index (χ2n) is 6.08. The average molecular weight is 307 g/mol. The molecule has 2 atom stereocenters. The molecule has 2 unspecified atom stereocenters. The summed E-state index contributed by atoms with van der Waals surface area (Å²) in [5.41, 5.74) is 0.100. The number of carboxylic acid groups (broad SMARTS) is 1. The van der Waals surface area contributed by atoms with E-state index in [1.807, 2.05) is 11.8 Å². The molecule has 22 heavy (non-hydrogen) atoms. The van der Waals surface area contributed by atoms with Crippen molar-refractivity contribution in [2.24, 2.45) is 5.92 Å². The first-order chi connectivity index (χ1) is 10.5. The van der Waals surface area contributed by atoms with Crippen LogP contribution in [0.4, 0.5) is 0 Å². The van der Waals surface area contributed by atoms with Gasteiger partial charge < -0.3 is 14.4 Å². The van der Waals surface area contributed by atoms with Gasteiger partial charge in [-0.05, 0) is 25.2 Å². The number of nitrogens with zero attached hydrogens (tertiary/aromatic N) is 1. The summed E-state index contributed by atoms with van der Waals surface area (Å²) in [5.74, 6) is -0.237. The summed E-state index contributed by atoms with van der Waals surface area (Å²) in [6.45, 7) is 6.88. The molecule has 1 N–H and O–H groups in total. The quantitative estimate of drug-likeness (QED) is 0.872. The number of hydrogen-bond donors (Lipinski definition) is 1. The standard InChI is InChI=1S/C17H25NO4/c1-4-7-11(3)13-8-6-9-18(13)16(19)15-10-12(17(20)21)14(5-2)22-15/h10-11,13H,4-9H2,1-3H3,(H,20,21). The van der Waals surface area contributed by atoms with Crippen LogP contribution in [0.2, 0.25) is 0 Å². The molecule has 1 aromatic rings. The maximum atomic E-state index is 12.7. The van der Waals surface area contributed by atoms with Crippen molar-refractivity contribution in [3.05, 3.63) is 23.2 Å². The van der Waals surface area contributed by atoms with Crippen LogP contribution in [-0.2, 0) is 6.42 Å². The Balaban J connectivity index is 2.21. The topological polar surface area (TPSA) is 70.8 Å². The van der Waals surface area contributed by atoms with Crippen LogP contribution in [0, 0.1) is 5.92 Å². The van der Waals surface area contributed by atoms with Crippen LogP contribution >= 0.6 is 0 Å². The average Bonchev–Trinajstić information content (AvgIpc) is 3.13. The zero-order valence-corrected chi connectivity index (χ0v) is 13.6. The van der Waals surface area contributed by atoms with Crippen molar-refractivity contribution in [1.29, 1.82) is 0 Å². The van der Waals surface area contributed by atoms with E-state index in [-0.39, 0.29) is 23.3 Å². The van der Waals surface area contributed by atoms with Gasteiger partial charge in [0.25, 0.3) is 5.91 Å². The van der Waals surface area contributed by atoms with Crippen LogP contribution in [0.15, 0.2) is 10.5 Å². The van der Waals surface area contributed by atoms with Gasteiger partial charge in [0.2, 0.25) is 0 Å². The highest BCUT2D eigenvalue weighted by Crippen LogP contribution is 2.29. The summed E-state index contributed by atoms with van der Waals surface area (Å²) in [5, 5.41) is 9.18. The van der Waals surface area contributed by atoms with E-state index in [0.29, 0.717) is 18.1 Å². The van der Waals surface area contributed by atoms with Crippen molar-refractivity contribution in [2.45, 2.75) is 58.9 Å². The third-order valence-electron chi connectivity index (χ3n) is 4.53. The summed E-state index contributed by atoms with van der Waals surface area (Å²) in [4.78, 5) is 25.8. The Morgan fingerprint density at radius 2 is 2.18 bits per heavy atom. The second kappa shape index (κ2) is 6.99. The zero-order chi connectivity index (χ0) is 16.3. The number of carboxylic acids is 1. The van der Waals surface area contributed by atoms with E-state index in [9.17, 15) is 14.7 Å². The highest BCUT2D eigenvalue weighted by atomic mass is 16.4. The number of likely N-dealkylation sites (tertiary alicyclic amines) is 1. The maximum Gasteiger partial charge on any atom is 0.339 e. The molecule has 1 fully saturated rings. The number of furan rings is 1. The number of aryl methyl sites for hydroxylation is 1. The Morgan fingerprint density at radius 3 is 2.73 bits per heavy atom. The molecular weight excluding hydrogens is 282 g/mol. The van der Waals surface area contributed by atoms with Crippen molar-refractivity contribution in [3.63, 3.8) is 0 Å². The van der Waals surface area contributed by atoms with E-state index >= 15 is 0 Å². The first-order valence-electron chi connectivity index (χ1n) is 8.16. The molecule has 0 aromatic carbocycles. The highest BCUT2D eigenvalue weighted by Gasteiger charge is 2.34. The summed E-state index contributed by atoms with van der Waals surface area (Å²) in [7, 11) is 0. The summed E-state index contributed by atoms with van der Waals surface area (Å²) in [6.07, 6.45) is 4.67. The SMILES string of the molecule is CCCC(C)C1CCCN1C(=O)c1cc(C(=O)O)c(CC)o1. The predicted octanol–water partition coefficient (Wildman–Crippen LogP) is 3.58. The number of rotatable bonds is 6. The van der Waals surface area contributed by atoms with E-state index in [4.69, 9.17) is 4.42 Å². The van der Waals surface area contributed by atoms with Crippen LogP contribution in [-0.4, -0.2) is 34.5 Å². The largest absolute Gasteiger partial charge is 0.478 e. The van der Waals surface area contributed by atoms with Gasteiger partial charge in [-0.3, -0.25) is 4.79 Å². The minimum absolute atomic E-state index is 0.100. The Kier molecular flexibility index (Phi) is 5.27. The number of carbonyl (C=O) groups excluding carboxylic acids is 1. The molecule has 0 spiro atoms. The van der Waals surface area contributed by atoms with E-state index in [1.165, 1.54) is 6.07 Å². The Morgan fingerprint density at radius 1 is 1.45 bits per heavy atom. The lowest BCUT2D eigenvalue weighted by atomic mass is 9.95. The zero-order valence-electron chi connectivity index (χ0n) is 13.6. The molecule has 1 aliphatic rings. The van der Waals surface area contributed by atoms with Crippen molar-refractivity contribution in [2.75, 3.05) is 6.54 Å². The van der Waals surface area contributed by atoms with Gasteiger partial charge in [0.1, 0.15) is 11.3 Å². The van der Waals surface area contributed by atoms with Gasteiger partial charge in [0, 0.05) is 25.1 Å². The molecule has 0 aliphatic carbocycles. The molecular formula is C17H25NO4. The Hall–Kier alpha value is -1.78. The van der Waals surface area contributed by atoms with Gasteiger partial charge in [0.05, 0.1) is 0 Å². The molecule has 5 heteroatoms. The first kappa shape index (κ1) is 16.6. The summed E-state index contributed by atoms with van der Waals surface area (Å²) in [6, 6.07) is 1.61. The van der Waals surface area contributed by atoms with Crippen molar-refractivity contribution in [3.8, 4) is 0 Å². The molecule has 2 heterocycles. The van der Waals surface area contributed by atoms with Crippen LogP contribution in [0.5, 0.6) is 0 Å². The van der Waals surface area contributed by atoms with Crippen molar-refractivity contribution in [1.82, 2.24) is 4.90 Å². The predicted molar refractivity (Wildman–Crippen MR) is 83.2 cm³/mol. The fraction of sp³-hybridized carbons (Fsp3) is 0.647. The van der Waals surface area contributed by atoms with Gasteiger partial charge in [-0.2, -0.15) is 0 Å². The normalized spacial score (nSPS) is 19.4. The lowest BCUT2D eigenvalue weighted by Crippen LogP contribution is -2.39. The minimum Gasteiger partial charge on any atom is -0.478 e. The van der Waals surface area contributed by atoms with Crippen LogP contribution in [0.3, 0.4) is 0 Å². The van der Waals surface area contributed by atoms with E-state index in [1.54, 1.807) is 0 Å². The van der Waals surface area contributed by atoms with Gasteiger partial charge >= 0.3 is 5.97 Å². The highest BCUT2D eigenvalue weighted by molar-refractivity contribution is 5.96. The van der Waals surface area contributed by atoms with Crippen LogP contribution in [0.1, 0.15) is 73.1 Å². The lowest BCUT2D eigenvalue weighted by Gasteiger charge is -2.28. The number of aromatic carboxylic acids is 1. The molecule has 0 radical (unpaired) electrons. The number of amides is 1. The molecule has 0 saturated carbocycles. The van der Waals surface area contributed by atoms with Gasteiger partial charge in [-0.1, -0.05) is 27.2 Å². The van der Waals surface area contributed by atoms with Crippen LogP contribution < -0.4 is 0 Å². The van der Waals surface area contributed by atoms with E-state index in [0.717, 1.165) is 32.2 Å².